The number of imidazole rings is 1. The molecule has 3 rings (SSSR count). The number of carbonyl (C=O) groups excluding carboxylic acids is 1. The van der Waals surface area contributed by atoms with Crippen molar-refractivity contribution < 1.29 is 4.79 Å². The third-order valence-electron chi connectivity index (χ3n) is 3.32. The van der Waals surface area contributed by atoms with Gasteiger partial charge in [-0.3, -0.25) is 9.36 Å². The standard InChI is InChI=1S/C15H16N6O/c1-11-7-16-14(19-11)8-20(2)15(22)12-5-3-4-6-13(12)21-9-17-18-10-21/h3-7,9-10H,8H2,1-2H3,(H,16,19). The molecule has 22 heavy (non-hydrogen) atoms. The number of aromatic amines is 1. The Hall–Kier alpha value is -2.96. The Morgan fingerprint density at radius 2 is 2.00 bits per heavy atom. The number of hydrogen-bond donors (Lipinski definition) is 1. The van der Waals surface area contributed by atoms with Crippen molar-refractivity contribution >= 4 is 5.91 Å². The Bertz CT molecular complexity index is 777. The summed E-state index contributed by atoms with van der Waals surface area (Å²) in [6.07, 6.45) is 4.89. The fourth-order valence-electron chi connectivity index (χ4n) is 2.25. The molecule has 2 aromatic heterocycles. The summed E-state index contributed by atoms with van der Waals surface area (Å²) < 4.78 is 1.72. The van der Waals surface area contributed by atoms with Crippen molar-refractivity contribution in [3.8, 4) is 5.69 Å². The minimum absolute atomic E-state index is 0.0849. The normalized spacial score (nSPS) is 10.6. The number of carbonyl (C=O) groups is 1. The molecule has 0 fully saturated rings. The van der Waals surface area contributed by atoms with Gasteiger partial charge in [-0.2, -0.15) is 0 Å². The number of H-pyrrole nitrogens is 1. The van der Waals surface area contributed by atoms with Gasteiger partial charge in [0.1, 0.15) is 18.5 Å². The third kappa shape index (κ3) is 2.73. The van der Waals surface area contributed by atoms with Gasteiger partial charge in [0.2, 0.25) is 0 Å². The second kappa shape index (κ2) is 5.80. The minimum atomic E-state index is -0.0849. The molecule has 112 valence electrons. The highest BCUT2D eigenvalue weighted by atomic mass is 16.2. The number of aryl methyl sites for hydroxylation is 1. The molecule has 0 aliphatic heterocycles. The molecule has 3 aromatic rings. The van der Waals surface area contributed by atoms with Crippen molar-refractivity contribution in [1.82, 2.24) is 29.6 Å². The van der Waals surface area contributed by atoms with Crippen molar-refractivity contribution in [1.29, 1.82) is 0 Å². The smallest absolute Gasteiger partial charge is 0.256 e. The van der Waals surface area contributed by atoms with Gasteiger partial charge in [0.05, 0.1) is 17.8 Å². The van der Waals surface area contributed by atoms with E-state index in [0.717, 1.165) is 17.2 Å². The first-order valence-corrected chi connectivity index (χ1v) is 6.85. The van der Waals surface area contributed by atoms with Gasteiger partial charge in [-0.05, 0) is 19.1 Å². The van der Waals surface area contributed by atoms with Crippen molar-refractivity contribution in [3.63, 3.8) is 0 Å². The van der Waals surface area contributed by atoms with Crippen molar-refractivity contribution in [3.05, 3.63) is 60.2 Å². The summed E-state index contributed by atoms with van der Waals surface area (Å²) in [6, 6.07) is 7.37. The molecule has 0 saturated carbocycles. The lowest BCUT2D eigenvalue weighted by Gasteiger charge is -2.18. The maximum absolute atomic E-state index is 12.7. The number of hydrogen-bond acceptors (Lipinski definition) is 4. The number of nitrogens with one attached hydrogen (secondary N) is 1. The average Bonchev–Trinajstić information content (AvgIpc) is 3.18. The summed E-state index contributed by atoms with van der Waals surface area (Å²) in [4.78, 5) is 21.7. The van der Waals surface area contributed by atoms with Crippen LogP contribution in [-0.4, -0.2) is 42.6 Å². The Morgan fingerprint density at radius 1 is 1.27 bits per heavy atom. The van der Waals surface area contributed by atoms with E-state index in [9.17, 15) is 4.79 Å². The van der Waals surface area contributed by atoms with Crippen LogP contribution in [0.1, 0.15) is 21.9 Å². The highest BCUT2D eigenvalue weighted by Crippen LogP contribution is 2.16. The molecule has 1 aromatic carbocycles. The van der Waals surface area contributed by atoms with E-state index >= 15 is 0 Å². The van der Waals surface area contributed by atoms with E-state index in [4.69, 9.17) is 0 Å². The molecule has 7 heteroatoms. The largest absolute Gasteiger partial charge is 0.345 e. The van der Waals surface area contributed by atoms with Gasteiger partial charge in [0.15, 0.2) is 0 Å². The molecule has 0 aliphatic carbocycles. The zero-order valence-electron chi connectivity index (χ0n) is 12.4. The van der Waals surface area contributed by atoms with Gasteiger partial charge in [0, 0.05) is 18.9 Å². The minimum Gasteiger partial charge on any atom is -0.345 e. The third-order valence-corrected chi connectivity index (χ3v) is 3.32. The number of nitrogens with zero attached hydrogens (tertiary/aromatic N) is 5. The quantitative estimate of drug-likeness (QED) is 0.792. The molecule has 7 nitrogen and oxygen atoms in total. The van der Waals surface area contributed by atoms with E-state index in [0.29, 0.717) is 12.1 Å². The van der Waals surface area contributed by atoms with Gasteiger partial charge in [-0.25, -0.2) is 4.98 Å². The maximum atomic E-state index is 12.7. The first-order chi connectivity index (χ1) is 10.6. The second-order valence-corrected chi connectivity index (χ2v) is 5.06. The predicted molar refractivity (Wildman–Crippen MR) is 80.5 cm³/mol. The zero-order valence-corrected chi connectivity index (χ0v) is 12.4. The monoisotopic (exact) mass is 296 g/mol. The Kier molecular flexibility index (Phi) is 3.69. The Balaban J connectivity index is 1.86. The molecular weight excluding hydrogens is 280 g/mol. The van der Waals surface area contributed by atoms with Crippen LogP contribution in [0.4, 0.5) is 0 Å². The first-order valence-electron chi connectivity index (χ1n) is 6.85. The van der Waals surface area contributed by atoms with Crippen LogP contribution >= 0.6 is 0 Å². The maximum Gasteiger partial charge on any atom is 0.256 e. The van der Waals surface area contributed by atoms with Gasteiger partial charge >= 0.3 is 0 Å². The second-order valence-electron chi connectivity index (χ2n) is 5.06. The molecule has 0 aliphatic rings. The molecule has 0 spiro atoms. The van der Waals surface area contributed by atoms with E-state index in [1.54, 1.807) is 41.4 Å². The molecule has 1 N–H and O–H groups in total. The molecule has 1 amide bonds. The summed E-state index contributed by atoms with van der Waals surface area (Å²) in [7, 11) is 1.75. The SMILES string of the molecule is Cc1cnc(CN(C)C(=O)c2ccccc2-n2cnnc2)[nH]1. The van der Waals surface area contributed by atoms with Crippen molar-refractivity contribution in [2.24, 2.45) is 0 Å². The van der Waals surface area contributed by atoms with Crippen molar-refractivity contribution in [2.75, 3.05) is 7.05 Å². The summed E-state index contributed by atoms with van der Waals surface area (Å²) >= 11 is 0. The fourth-order valence-corrected chi connectivity index (χ4v) is 2.25. The number of amides is 1. The van der Waals surface area contributed by atoms with E-state index in [1.807, 2.05) is 25.1 Å². The lowest BCUT2D eigenvalue weighted by Crippen LogP contribution is -2.27. The molecule has 0 atom stereocenters. The average molecular weight is 296 g/mol. The number of rotatable bonds is 4. The van der Waals surface area contributed by atoms with Crippen LogP contribution < -0.4 is 0 Å². The molecule has 0 saturated heterocycles. The number of para-hydroxylation sites is 1. The van der Waals surface area contributed by atoms with Crippen LogP contribution in [0.5, 0.6) is 0 Å². The fraction of sp³-hybridized carbons (Fsp3) is 0.200. The summed E-state index contributed by atoms with van der Waals surface area (Å²) in [5.74, 6) is 0.675. The molecule has 0 unspecified atom stereocenters. The van der Waals surface area contributed by atoms with Crippen LogP contribution in [0.2, 0.25) is 0 Å². The van der Waals surface area contributed by atoms with Crippen LogP contribution in [-0.2, 0) is 6.54 Å². The van der Waals surface area contributed by atoms with Crippen molar-refractivity contribution in [2.45, 2.75) is 13.5 Å². The highest BCUT2D eigenvalue weighted by molar-refractivity contribution is 5.97. The van der Waals surface area contributed by atoms with E-state index in [-0.39, 0.29) is 5.91 Å². The lowest BCUT2D eigenvalue weighted by molar-refractivity contribution is 0.0782. The molecular formula is C15H16N6O. The molecule has 0 radical (unpaired) electrons. The molecule has 0 bridgehead atoms. The van der Waals surface area contributed by atoms with E-state index in [1.165, 1.54) is 0 Å². The predicted octanol–water partition coefficient (Wildman–Crippen LogP) is 1.57. The van der Waals surface area contributed by atoms with Gasteiger partial charge in [-0.15, -0.1) is 10.2 Å². The van der Waals surface area contributed by atoms with Crippen LogP contribution in [0.25, 0.3) is 5.69 Å². The van der Waals surface area contributed by atoms with Crippen LogP contribution in [0, 0.1) is 6.92 Å². The molecule has 2 heterocycles. The van der Waals surface area contributed by atoms with Gasteiger partial charge in [0.25, 0.3) is 5.91 Å². The van der Waals surface area contributed by atoms with E-state index < -0.39 is 0 Å². The topological polar surface area (TPSA) is 79.7 Å². The number of aromatic nitrogens is 5. The summed E-state index contributed by atoms with van der Waals surface area (Å²) in [5.41, 5.74) is 2.31. The summed E-state index contributed by atoms with van der Waals surface area (Å²) in [6.45, 7) is 2.35. The van der Waals surface area contributed by atoms with Gasteiger partial charge < -0.3 is 9.88 Å². The van der Waals surface area contributed by atoms with E-state index in [2.05, 4.69) is 20.2 Å². The lowest BCUT2D eigenvalue weighted by atomic mass is 10.1. The summed E-state index contributed by atoms with van der Waals surface area (Å²) in [5, 5.41) is 7.57. The van der Waals surface area contributed by atoms with Crippen LogP contribution in [0.15, 0.2) is 43.1 Å². The van der Waals surface area contributed by atoms with Gasteiger partial charge in [-0.1, -0.05) is 12.1 Å². The zero-order chi connectivity index (χ0) is 15.5. The Labute approximate surface area is 127 Å². The number of benzene rings is 1. The van der Waals surface area contributed by atoms with Crippen LogP contribution in [0.3, 0.4) is 0 Å². The Morgan fingerprint density at radius 3 is 2.68 bits per heavy atom. The highest BCUT2D eigenvalue weighted by Gasteiger charge is 2.17. The first kappa shape index (κ1) is 14.0.